The lowest BCUT2D eigenvalue weighted by atomic mass is 9.90. The van der Waals surface area contributed by atoms with E-state index in [0.29, 0.717) is 36.8 Å². The average molecular weight is 589 g/mol. The number of ether oxygens (including phenoxy) is 3. The molecule has 1 aromatic heterocycles. The normalized spacial score (nSPS) is 21.3. The van der Waals surface area contributed by atoms with Crippen molar-refractivity contribution in [2.24, 2.45) is 0 Å². The number of hydrogen-bond donors (Lipinski definition) is 1. The molecule has 0 amide bonds. The lowest BCUT2D eigenvalue weighted by Gasteiger charge is -2.21. The topological polar surface area (TPSA) is 104 Å². The van der Waals surface area contributed by atoms with Crippen molar-refractivity contribution in [1.82, 2.24) is 10.1 Å². The van der Waals surface area contributed by atoms with Crippen molar-refractivity contribution in [1.29, 1.82) is 0 Å². The molecule has 0 radical (unpaired) electrons. The van der Waals surface area contributed by atoms with E-state index in [0.717, 1.165) is 39.8 Å². The van der Waals surface area contributed by atoms with Crippen LogP contribution in [-0.4, -0.2) is 41.0 Å². The smallest absolute Gasteiger partial charge is 0.306 e. The molecule has 0 bridgehead atoms. The molecule has 0 spiro atoms. The summed E-state index contributed by atoms with van der Waals surface area (Å²) < 4.78 is 37.5. The standard InChI is InChI=1S/C34H37FN2O6/c1-19-14-23(32-36-33(43-37-32)34(4,5)39)15-20(2)31(19)22-8-7-9-28(21(3)27(35)13-10-22)42-25-11-12-26-24(16-30(38)40-6)18-41-29(26)17-25/h10-15,17,24,28,39H,3,7-9,16,18H2,1-2,4-6H3/b22-10+,27-13+/t24-,28-/m1/s1. The molecule has 0 saturated carbocycles. The molecule has 2 aliphatic rings. The van der Waals surface area contributed by atoms with Crippen LogP contribution in [0.5, 0.6) is 11.5 Å². The zero-order chi connectivity index (χ0) is 30.9. The summed E-state index contributed by atoms with van der Waals surface area (Å²) in [4.78, 5) is 16.1. The Balaban J connectivity index is 1.31. The maximum atomic E-state index is 15.4. The molecule has 2 heterocycles. The fraction of sp³-hybridized carbons (Fsp3) is 0.382. The van der Waals surface area contributed by atoms with E-state index in [1.54, 1.807) is 19.9 Å². The summed E-state index contributed by atoms with van der Waals surface area (Å²) in [5.41, 5.74) is 4.81. The van der Waals surface area contributed by atoms with Crippen LogP contribution in [0.2, 0.25) is 0 Å². The van der Waals surface area contributed by atoms with Crippen molar-refractivity contribution in [2.75, 3.05) is 13.7 Å². The third kappa shape index (κ3) is 6.57. The lowest BCUT2D eigenvalue weighted by Crippen LogP contribution is -2.19. The van der Waals surface area contributed by atoms with Crippen LogP contribution in [-0.2, 0) is 15.1 Å². The molecular formula is C34H37FN2O6. The number of allylic oxidation sites excluding steroid dienone is 3. The summed E-state index contributed by atoms with van der Waals surface area (Å²) in [6.45, 7) is 11.6. The second-order valence-electron chi connectivity index (χ2n) is 11.7. The minimum Gasteiger partial charge on any atom is -0.492 e. The minimum absolute atomic E-state index is 0.0698. The van der Waals surface area contributed by atoms with Gasteiger partial charge in [0.1, 0.15) is 29.0 Å². The number of aryl methyl sites for hydroxylation is 2. The highest BCUT2D eigenvalue weighted by atomic mass is 19.1. The lowest BCUT2D eigenvalue weighted by molar-refractivity contribution is -0.141. The van der Waals surface area contributed by atoms with Crippen molar-refractivity contribution in [3.05, 3.63) is 88.6 Å². The highest BCUT2D eigenvalue weighted by Gasteiger charge is 2.29. The Bertz CT molecular complexity index is 1590. The quantitative estimate of drug-likeness (QED) is 0.293. The number of fused-ring (bicyclic) bond motifs is 1. The number of carbonyl (C=O) groups excluding carboxylic acids is 1. The van der Waals surface area contributed by atoms with Gasteiger partial charge in [0.2, 0.25) is 5.82 Å². The molecule has 8 nitrogen and oxygen atoms in total. The van der Waals surface area contributed by atoms with Crippen LogP contribution in [0.4, 0.5) is 4.39 Å². The van der Waals surface area contributed by atoms with Crippen molar-refractivity contribution in [3.63, 3.8) is 0 Å². The predicted octanol–water partition coefficient (Wildman–Crippen LogP) is 7.04. The first-order chi connectivity index (χ1) is 20.4. The highest BCUT2D eigenvalue weighted by molar-refractivity contribution is 5.75. The van der Waals surface area contributed by atoms with Gasteiger partial charge in [-0.3, -0.25) is 4.79 Å². The van der Waals surface area contributed by atoms with Gasteiger partial charge in [0.15, 0.2) is 0 Å². The number of halogens is 1. The van der Waals surface area contributed by atoms with Crippen LogP contribution in [0.25, 0.3) is 17.0 Å². The molecule has 9 heteroatoms. The van der Waals surface area contributed by atoms with Gasteiger partial charge in [-0.25, -0.2) is 4.39 Å². The van der Waals surface area contributed by atoms with Gasteiger partial charge in [-0.1, -0.05) is 23.9 Å². The van der Waals surface area contributed by atoms with Crippen molar-refractivity contribution < 1.29 is 33.0 Å². The Morgan fingerprint density at radius 1 is 1.19 bits per heavy atom. The second kappa shape index (κ2) is 12.2. The first-order valence-corrected chi connectivity index (χ1v) is 14.4. The van der Waals surface area contributed by atoms with Crippen LogP contribution in [0.15, 0.2) is 65.0 Å². The van der Waals surface area contributed by atoms with Crippen LogP contribution < -0.4 is 9.47 Å². The maximum absolute atomic E-state index is 15.4. The van der Waals surface area contributed by atoms with Gasteiger partial charge in [-0.15, -0.1) is 0 Å². The Labute approximate surface area is 250 Å². The molecular weight excluding hydrogens is 551 g/mol. The SMILES string of the molecule is C=C1/C(F)=C\C=C(\c2c(C)cc(-c3noc(C(C)(C)O)n3)cc2C)CCC[C@H]1Oc1ccc2c(c1)OC[C@H]2CC(=O)OC. The number of aliphatic hydroxyl groups is 1. The Morgan fingerprint density at radius 2 is 1.93 bits per heavy atom. The van der Waals surface area contributed by atoms with Gasteiger partial charge in [0, 0.05) is 28.7 Å². The van der Waals surface area contributed by atoms with Crippen molar-refractivity contribution in [3.8, 4) is 22.9 Å². The average Bonchev–Trinajstić information content (AvgIpc) is 3.62. The molecule has 1 aliphatic heterocycles. The molecule has 1 N–H and O–H groups in total. The molecule has 2 atom stereocenters. The van der Waals surface area contributed by atoms with E-state index in [2.05, 4.69) is 16.7 Å². The Morgan fingerprint density at radius 3 is 2.60 bits per heavy atom. The third-order valence-corrected chi connectivity index (χ3v) is 7.88. The number of nitrogens with zero attached hydrogens (tertiary/aromatic N) is 2. The second-order valence-corrected chi connectivity index (χ2v) is 11.7. The van der Waals surface area contributed by atoms with Gasteiger partial charge in [0.25, 0.3) is 5.89 Å². The number of carbonyl (C=O) groups is 1. The molecule has 0 unspecified atom stereocenters. The third-order valence-electron chi connectivity index (χ3n) is 7.88. The van der Waals surface area contributed by atoms with E-state index >= 15 is 4.39 Å². The monoisotopic (exact) mass is 588 g/mol. The van der Waals surface area contributed by atoms with E-state index in [9.17, 15) is 9.90 Å². The zero-order valence-electron chi connectivity index (χ0n) is 25.2. The van der Waals surface area contributed by atoms with Crippen molar-refractivity contribution in [2.45, 2.75) is 71.0 Å². The number of hydrogen-bond acceptors (Lipinski definition) is 8. The summed E-state index contributed by atoms with van der Waals surface area (Å²) in [5, 5.41) is 14.2. The van der Waals surface area contributed by atoms with Gasteiger partial charge in [-0.2, -0.15) is 4.98 Å². The molecule has 0 saturated heterocycles. The Hall–Kier alpha value is -4.24. The minimum atomic E-state index is -1.23. The van der Waals surface area contributed by atoms with Crippen LogP contribution in [0.1, 0.15) is 73.6 Å². The molecule has 43 heavy (non-hydrogen) atoms. The Kier molecular flexibility index (Phi) is 8.55. The van der Waals surface area contributed by atoms with Gasteiger partial charge >= 0.3 is 5.97 Å². The number of aromatic nitrogens is 2. The zero-order valence-corrected chi connectivity index (χ0v) is 25.2. The number of methoxy groups -OCH3 is 1. The molecule has 3 aromatic rings. The largest absolute Gasteiger partial charge is 0.492 e. The van der Waals surface area contributed by atoms with Crippen LogP contribution in [0, 0.1) is 13.8 Å². The number of benzene rings is 2. The number of esters is 1. The molecule has 5 rings (SSSR count). The van der Waals surface area contributed by atoms with Crippen LogP contribution in [0.3, 0.4) is 0 Å². The summed E-state index contributed by atoms with van der Waals surface area (Å²) in [6.07, 6.45) is 5.01. The van der Waals surface area contributed by atoms with Crippen LogP contribution >= 0.6 is 0 Å². The van der Waals surface area contributed by atoms with Gasteiger partial charge in [0.05, 0.1) is 20.1 Å². The fourth-order valence-electron chi connectivity index (χ4n) is 5.64. The first kappa shape index (κ1) is 30.2. The maximum Gasteiger partial charge on any atom is 0.306 e. The van der Waals surface area contributed by atoms with Gasteiger partial charge < -0.3 is 23.8 Å². The van der Waals surface area contributed by atoms with E-state index in [1.807, 2.05) is 44.2 Å². The van der Waals surface area contributed by atoms with E-state index in [4.69, 9.17) is 18.7 Å². The molecule has 226 valence electrons. The summed E-state index contributed by atoms with van der Waals surface area (Å²) >= 11 is 0. The summed E-state index contributed by atoms with van der Waals surface area (Å²) in [7, 11) is 1.37. The predicted molar refractivity (Wildman–Crippen MR) is 160 cm³/mol. The fourth-order valence-corrected chi connectivity index (χ4v) is 5.64. The summed E-state index contributed by atoms with van der Waals surface area (Å²) in [6, 6.07) is 9.47. The molecule has 2 aromatic carbocycles. The molecule has 0 fully saturated rings. The van der Waals surface area contributed by atoms with E-state index in [1.165, 1.54) is 13.2 Å². The number of rotatable bonds is 7. The first-order valence-electron chi connectivity index (χ1n) is 14.4. The highest BCUT2D eigenvalue weighted by Crippen LogP contribution is 2.40. The van der Waals surface area contributed by atoms with Crippen molar-refractivity contribution >= 4 is 11.5 Å². The summed E-state index contributed by atoms with van der Waals surface area (Å²) in [5.74, 6) is 0.974. The molecule has 1 aliphatic carbocycles. The van der Waals surface area contributed by atoms with Gasteiger partial charge in [-0.05, 0) is 93.5 Å². The van der Waals surface area contributed by atoms with E-state index < -0.39 is 17.5 Å². The van der Waals surface area contributed by atoms with E-state index in [-0.39, 0.29) is 29.8 Å².